The molecule has 4 fully saturated rings. The minimum Gasteiger partial charge on any atom is -0.354 e. The molecular formula is C15H20N2OS. The number of nitrogens with one attached hydrogen (secondary N) is 1. The summed E-state index contributed by atoms with van der Waals surface area (Å²) in [7, 11) is 0. The van der Waals surface area contributed by atoms with Gasteiger partial charge in [0, 0.05) is 19.6 Å². The average molecular weight is 276 g/mol. The van der Waals surface area contributed by atoms with E-state index in [-0.39, 0.29) is 5.54 Å². The number of amides is 1. The Morgan fingerprint density at radius 1 is 1.47 bits per heavy atom. The van der Waals surface area contributed by atoms with Crippen molar-refractivity contribution >= 4 is 17.2 Å². The quantitative estimate of drug-likeness (QED) is 0.894. The number of hydrogen-bond donors (Lipinski definition) is 1. The van der Waals surface area contributed by atoms with E-state index in [4.69, 9.17) is 0 Å². The molecule has 5 rings (SSSR count). The Morgan fingerprint density at radius 3 is 3.00 bits per heavy atom. The van der Waals surface area contributed by atoms with Gasteiger partial charge in [-0.05, 0) is 59.9 Å². The second-order valence-electron chi connectivity index (χ2n) is 6.47. The summed E-state index contributed by atoms with van der Waals surface area (Å²) in [6, 6.07) is 2.18. The number of hydrogen-bond acceptors (Lipinski definition) is 3. The normalized spacial score (nSPS) is 33.2. The van der Waals surface area contributed by atoms with Crippen LogP contribution in [-0.2, 0) is 11.3 Å². The zero-order chi connectivity index (χ0) is 12.9. The number of carbonyl (C=O) groups excluding carboxylic acids is 1. The van der Waals surface area contributed by atoms with Crippen molar-refractivity contribution in [2.24, 2.45) is 11.8 Å². The smallest absolute Gasteiger partial charge is 0.240 e. The van der Waals surface area contributed by atoms with Crippen LogP contribution in [0.5, 0.6) is 0 Å². The maximum atomic E-state index is 12.5. The molecule has 1 amide bonds. The van der Waals surface area contributed by atoms with Gasteiger partial charge in [-0.15, -0.1) is 0 Å². The Kier molecular flexibility index (Phi) is 2.71. The Labute approximate surface area is 118 Å². The first-order chi connectivity index (χ1) is 9.26. The summed E-state index contributed by atoms with van der Waals surface area (Å²) in [4.78, 5) is 14.9. The molecule has 0 atom stereocenters. The average Bonchev–Trinajstić information content (AvgIpc) is 2.79. The van der Waals surface area contributed by atoms with Crippen molar-refractivity contribution in [3.63, 3.8) is 0 Å². The maximum Gasteiger partial charge on any atom is 0.240 e. The van der Waals surface area contributed by atoms with E-state index in [1.54, 1.807) is 11.3 Å². The van der Waals surface area contributed by atoms with Crippen LogP contribution in [0.15, 0.2) is 16.8 Å². The highest BCUT2D eigenvalue weighted by atomic mass is 32.1. The number of fused-ring (bicyclic) bond motifs is 1. The molecule has 0 spiro atoms. The van der Waals surface area contributed by atoms with E-state index < -0.39 is 0 Å². The fourth-order valence-corrected chi connectivity index (χ4v) is 4.30. The summed E-state index contributed by atoms with van der Waals surface area (Å²) < 4.78 is 0. The highest BCUT2D eigenvalue weighted by Gasteiger charge is 2.60. The van der Waals surface area contributed by atoms with Gasteiger partial charge >= 0.3 is 0 Å². The minimum absolute atomic E-state index is 0.165. The highest BCUT2D eigenvalue weighted by molar-refractivity contribution is 7.07. The molecule has 1 aromatic heterocycles. The molecule has 2 bridgehead atoms. The van der Waals surface area contributed by atoms with Gasteiger partial charge in [0.1, 0.15) is 5.54 Å². The van der Waals surface area contributed by atoms with Crippen LogP contribution in [0, 0.1) is 11.8 Å². The van der Waals surface area contributed by atoms with E-state index in [0.29, 0.717) is 5.91 Å². The molecule has 0 aromatic carbocycles. The lowest BCUT2D eigenvalue weighted by molar-refractivity contribution is -0.134. The molecule has 102 valence electrons. The molecule has 2 saturated carbocycles. The minimum atomic E-state index is -0.165. The molecule has 3 heterocycles. The van der Waals surface area contributed by atoms with Gasteiger partial charge in [-0.1, -0.05) is 0 Å². The van der Waals surface area contributed by atoms with Crippen LogP contribution in [0.25, 0.3) is 0 Å². The fraction of sp³-hybridized carbons (Fsp3) is 0.667. The summed E-state index contributed by atoms with van der Waals surface area (Å²) in [5.74, 6) is 1.82. The predicted molar refractivity (Wildman–Crippen MR) is 75.9 cm³/mol. The predicted octanol–water partition coefficient (Wildman–Crippen LogP) is 2.24. The fourth-order valence-electron chi connectivity index (χ4n) is 3.64. The van der Waals surface area contributed by atoms with E-state index in [1.165, 1.54) is 18.4 Å². The van der Waals surface area contributed by atoms with Crippen LogP contribution < -0.4 is 5.32 Å². The first kappa shape index (κ1) is 11.9. The molecule has 4 heteroatoms. The molecule has 1 N–H and O–H groups in total. The molecule has 1 aromatic rings. The first-order valence-corrected chi connectivity index (χ1v) is 8.25. The molecule has 19 heavy (non-hydrogen) atoms. The third kappa shape index (κ3) is 2.01. The number of carbonyl (C=O) groups is 1. The zero-order valence-corrected chi connectivity index (χ0v) is 11.9. The van der Waals surface area contributed by atoms with Gasteiger partial charge in [-0.25, -0.2) is 0 Å². The number of nitrogens with zero attached hydrogens (tertiary/aromatic N) is 1. The second kappa shape index (κ2) is 4.32. The van der Waals surface area contributed by atoms with Gasteiger partial charge in [0.15, 0.2) is 0 Å². The lowest BCUT2D eigenvalue weighted by Crippen LogP contribution is -2.57. The van der Waals surface area contributed by atoms with Crippen LogP contribution in [0.4, 0.5) is 0 Å². The lowest BCUT2D eigenvalue weighted by Gasteiger charge is -2.40. The topological polar surface area (TPSA) is 32.3 Å². The van der Waals surface area contributed by atoms with E-state index >= 15 is 0 Å². The summed E-state index contributed by atoms with van der Waals surface area (Å²) in [6.07, 6.45) is 4.75. The van der Waals surface area contributed by atoms with Gasteiger partial charge < -0.3 is 5.32 Å². The van der Waals surface area contributed by atoms with Gasteiger partial charge in [0.05, 0.1) is 0 Å². The van der Waals surface area contributed by atoms with Gasteiger partial charge in [0.2, 0.25) is 5.91 Å². The summed E-state index contributed by atoms with van der Waals surface area (Å²) in [6.45, 7) is 2.95. The maximum absolute atomic E-state index is 12.5. The summed E-state index contributed by atoms with van der Waals surface area (Å²) in [5.41, 5.74) is 1.19. The Balaban J connectivity index is 1.44. The molecule has 2 saturated heterocycles. The van der Waals surface area contributed by atoms with Crippen molar-refractivity contribution in [3.8, 4) is 0 Å². The highest BCUT2D eigenvalue weighted by Crippen LogP contribution is 2.51. The molecule has 4 aliphatic rings. The first-order valence-electron chi connectivity index (χ1n) is 7.31. The van der Waals surface area contributed by atoms with Crippen molar-refractivity contribution in [2.75, 3.05) is 13.1 Å². The van der Waals surface area contributed by atoms with Gasteiger partial charge in [-0.3, -0.25) is 9.69 Å². The van der Waals surface area contributed by atoms with Crippen molar-refractivity contribution < 1.29 is 4.79 Å². The van der Waals surface area contributed by atoms with Crippen LogP contribution in [-0.4, -0.2) is 29.4 Å². The lowest BCUT2D eigenvalue weighted by atomic mass is 9.72. The second-order valence-corrected chi connectivity index (χ2v) is 7.25. The van der Waals surface area contributed by atoms with E-state index in [9.17, 15) is 4.79 Å². The Bertz CT molecular complexity index is 474. The summed E-state index contributed by atoms with van der Waals surface area (Å²) in [5, 5.41) is 7.52. The third-order valence-corrected chi connectivity index (χ3v) is 5.69. The van der Waals surface area contributed by atoms with Crippen LogP contribution >= 0.6 is 11.3 Å². The van der Waals surface area contributed by atoms with E-state index in [2.05, 4.69) is 27.0 Å². The molecule has 2 aliphatic heterocycles. The summed E-state index contributed by atoms with van der Waals surface area (Å²) >= 11 is 1.74. The molecule has 2 aliphatic carbocycles. The molecule has 0 radical (unpaired) electrons. The van der Waals surface area contributed by atoms with E-state index in [1.807, 2.05) is 0 Å². The zero-order valence-electron chi connectivity index (χ0n) is 11.1. The third-order valence-electron chi connectivity index (χ3n) is 4.96. The monoisotopic (exact) mass is 276 g/mol. The molecule has 0 unspecified atom stereocenters. The van der Waals surface area contributed by atoms with Crippen molar-refractivity contribution in [1.29, 1.82) is 0 Å². The Morgan fingerprint density at radius 2 is 2.32 bits per heavy atom. The van der Waals surface area contributed by atoms with Crippen molar-refractivity contribution in [2.45, 2.75) is 37.8 Å². The Hall–Kier alpha value is -0.870. The van der Waals surface area contributed by atoms with Crippen LogP contribution in [0.2, 0.25) is 0 Å². The van der Waals surface area contributed by atoms with E-state index in [0.717, 1.165) is 44.3 Å². The SMILES string of the molecule is O=C(NCC1CC1)C12CC(CN1Cc1ccsc1)C2. The van der Waals surface area contributed by atoms with Crippen LogP contribution in [0.1, 0.15) is 31.2 Å². The standard InChI is InChI=1S/C15H20N2OS/c18-14(16-7-11-1-2-11)15-5-13(6-15)9-17(15)8-12-3-4-19-10-12/h3-4,10-11,13H,1-2,5-9H2,(H,16,18). The van der Waals surface area contributed by atoms with Crippen LogP contribution in [0.3, 0.4) is 0 Å². The largest absolute Gasteiger partial charge is 0.354 e. The van der Waals surface area contributed by atoms with Gasteiger partial charge in [-0.2, -0.15) is 11.3 Å². The number of rotatable bonds is 5. The molecule has 3 nitrogen and oxygen atoms in total. The number of thiophene rings is 1. The van der Waals surface area contributed by atoms with Crippen molar-refractivity contribution in [1.82, 2.24) is 10.2 Å². The van der Waals surface area contributed by atoms with Crippen molar-refractivity contribution in [3.05, 3.63) is 22.4 Å². The van der Waals surface area contributed by atoms with Gasteiger partial charge in [0.25, 0.3) is 0 Å². The molecular weight excluding hydrogens is 256 g/mol.